The third-order valence-electron chi connectivity index (χ3n) is 10.7. The summed E-state index contributed by atoms with van der Waals surface area (Å²) in [6.07, 6.45) is 0.896. The molecule has 0 bridgehead atoms. The van der Waals surface area contributed by atoms with Crippen molar-refractivity contribution in [2.24, 2.45) is 0 Å². The van der Waals surface area contributed by atoms with Crippen molar-refractivity contribution in [2.45, 2.75) is 57.6 Å². The first-order chi connectivity index (χ1) is 28.2. The van der Waals surface area contributed by atoms with Crippen LogP contribution in [0.2, 0.25) is 15.1 Å². The van der Waals surface area contributed by atoms with Gasteiger partial charge in [0.1, 0.15) is 19.0 Å². The fourth-order valence-electron chi connectivity index (χ4n) is 7.53. The number of nitrogens with one attached hydrogen (secondary N) is 1. The molecule has 10 heteroatoms. The average Bonchev–Trinajstić information content (AvgIpc) is 3.24. The van der Waals surface area contributed by atoms with Crippen molar-refractivity contribution in [3.05, 3.63) is 181 Å². The Hall–Kier alpha value is -5.49. The number of amides is 1. The number of hydrogen-bond donors (Lipinski definition) is 1. The second kappa shape index (κ2) is 17.6. The third-order valence-corrected chi connectivity index (χ3v) is 11.8. The van der Waals surface area contributed by atoms with Crippen LogP contribution in [0.15, 0.2) is 127 Å². The van der Waals surface area contributed by atoms with Gasteiger partial charge in [-0.2, -0.15) is 5.26 Å². The van der Waals surface area contributed by atoms with Crippen LogP contribution in [0.5, 0.6) is 17.2 Å². The van der Waals surface area contributed by atoms with E-state index in [1.807, 2.05) is 91.9 Å². The summed E-state index contributed by atoms with van der Waals surface area (Å²) in [6, 6.07) is 42.7. The molecule has 0 radical (unpaired) electrons. The predicted molar refractivity (Wildman–Crippen MR) is 229 cm³/mol. The van der Waals surface area contributed by atoms with Crippen molar-refractivity contribution in [1.29, 1.82) is 5.26 Å². The zero-order chi connectivity index (χ0) is 40.2. The SMILES string of the molecule is C[C@H](Cc1ccc(-c2ccc(C#N)cc2)cc1)NC(=O)[C@@H]1Cc2cc3c(cc2CN1Cc1ccccc1Cl)OC(c1ccc(OCc2ccc(Cl)c(Cl)c2)cc1)CO3. The Balaban J connectivity index is 0.942. The van der Waals surface area contributed by atoms with Crippen LogP contribution in [0.1, 0.15) is 52.0 Å². The summed E-state index contributed by atoms with van der Waals surface area (Å²) in [7, 11) is 0. The predicted octanol–water partition coefficient (Wildman–Crippen LogP) is 11.0. The van der Waals surface area contributed by atoms with Gasteiger partial charge in [-0.1, -0.05) is 108 Å². The molecule has 6 aromatic rings. The first-order valence-corrected chi connectivity index (χ1v) is 20.3. The Morgan fingerprint density at radius 2 is 1.53 bits per heavy atom. The highest BCUT2D eigenvalue weighted by atomic mass is 35.5. The van der Waals surface area contributed by atoms with E-state index in [0.717, 1.165) is 50.3 Å². The zero-order valence-electron chi connectivity index (χ0n) is 31.8. The third kappa shape index (κ3) is 9.12. The number of hydrogen-bond acceptors (Lipinski definition) is 6. The summed E-state index contributed by atoms with van der Waals surface area (Å²) < 4.78 is 18.8. The summed E-state index contributed by atoms with van der Waals surface area (Å²) in [5.74, 6) is 2.04. The number of halogens is 3. The monoisotopic (exact) mass is 827 g/mol. The molecule has 2 heterocycles. The maximum Gasteiger partial charge on any atom is 0.237 e. The fourth-order valence-corrected chi connectivity index (χ4v) is 8.04. The van der Waals surface area contributed by atoms with Crippen molar-refractivity contribution < 1.29 is 19.0 Å². The van der Waals surface area contributed by atoms with E-state index in [1.165, 1.54) is 0 Å². The largest absolute Gasteiger partial charge is 0.489 e. The van der Waals surface area contributed by atoms with Gasteiger partial charge in [-0.3, -0.25) is 9.69 Å². The lowest BCUT2D eigenvalue weighted by Crippen LogP contribution is -2.52. The van der Waals surface area contributed by atoms with Crippen LogP contribution < -0.4 is 19.5 Å². The topological polar surface area (TPSA) is 83.8 Å². The van der Waals surface area contributed by atoms with Gasteiger partial charge in [0, 0.05) is 24.2 Å². The van der Waals surface area contributed by atoms with Gasteiger partial charge in [-0.25, -0.2) is 0 Å². The number of rotatable bonds is 11. The number of carbonyl (C=O) groups is 1. The molecular weight excluding hydrogens is 789 g/mol. The molecule has 7 nitrogen and oxygen atoms in total. The molecule has 2 aliphatic heterocycles. The molecule has 1 N–H and O–H groups in total. The lowest BCUT2D eigenvalue weighted by molar-refractivity contribution is -0.128. The highest BCUT2D eigenvalue weighted by molar-refractivity contribution is 6.42. The minimum atomic E-state index is -0.419. The van der Waals surface area contributed by atoms with E-state index in [9.17, 15) is 4.79 Å². The Morgan fingerprint density at radius 1 is 0.828 bits per heavy atom. The van der Waals surface area contributed by atoms with Crippen LogP contribution in [-0.4, -0.2) is 29.5 Å². The summed E-state index contributed by atoms with van der Waals surface area (Å²) in [6.45, 7) is 3.81. The molecule has 2 aliphatic rings. The second-order valence-corrected chi connectivity index (χ2v) is 16.0. The number of ether oxygens (including phenoxy) is 3. The number of benzene rings is 6. The summed E-state index contributed by atoms with van der Waals surface area (Å²) in [5, 5.41) is 14.1. The maximum atomic E-state index is 14.2. The zero-order valence-corrected chi connectivity index (χ0v) is 34.0. The number of nitriles is 1. The van der Waals surface area contributed by atoms with Crippen LogP contribution in [0.3, 0.4) is 0 Å². The normalized spacial score (nSPS) is 16.5. The van der Waals surface area contributed by atoms with Gasteiger partial charge >= 0.3 is 0 Å². The van der Waals surface area contributed by atoms with E-state index >= 15 is 0 Å². The molecule has 1 amide bonds. The van der Waals surface area contributed by atoms with Gasteiger partial charge in [0.25, 0.3) is 0 Å². The van der Waals surface area contributed by atoms with Crippen molar-refractivity contribution in [3.63, 3.8) is 0 Å². The molecule has 58 heavy (non-hydrogen) atoms. The van der Waals surface area contributed by atoms with Crippen LogP contribution >= 0.6 is 34.8 Å². The van der Waals surface area contributed by atoms with Gasteiger partial charge < -0.3 is 19.5 Å². The van der Waals surface area contributed by atoms with Crippen LogP contribution in [0, 0.1) is 11.3 Å². The van der Waals surface area contributed by atoms with E-state index in [4.69, 9.17) is 54.3 Å². The molecule has 0 saturated heterocycles. The van der Waals surface area contributed by atoms with Gasteiger partial charge in [0.2, 0.25) is 5.91 Å². The highest BCUT2D eigenvalue weighted by Gasteiger charge is 2.35. The second-order valence-electron chi connectivity index (χ2n) is 14.8. The van der Waals surface area contributed by atoms with E-state index in [1.54, 1.807) is 12.1 Å². The number of carbonyl (C=O) groups excluding carboxylic acids is 1. The first kappa shape index (κ1) is 39.3. The average molecular weight is 829 g/mol. The minimum absolute atomic E-state index is 0.0289. The summed E-state index contributed by atoms with van der Waals surface area (Å²) >= 11 is 18.9. The van der Waals surface area contributed by atoms with Crippen molar-refractivity contribution in [3.8, 4) is 34.4 Å². The van der Waals surface area contributed by atoms with Crippen molar-refractivity contribution >= 4 is 40.7 Å². The maximum absolute atomic E-state index is 14.2. The van der Waals surface area contributed by atoms with E-state index < -0.39 is 6.04 Å². The lowest BCUT2D eigenvalue weighted by atomic mass is 9.91. The molecule has 6 aromatic carbocycles. The number of fused-ring (bicyclic) bond motifs is 2. The van der Waals surface area contributed by atoms with Gasteiger partial charge in [0.05, 0.1) is 27.7 Å². The molecule has 292 valence electrons. The van der Waals surface area contributed by atoms with Crippen LogP contribution in [-0.2, 0) is 37.3 Å². The quantitative estimate of drug-likeness (QED) is 0.140. The molecule has 0 spiro atoms. The Morgan fingerprint density at radius 3 is 2.26 bits per heavy atom. The molecule has 3 atom stereocenters. The minimum Gasteiger partial charge on any atom is -0.489 e. The Labute approximate surface area is 353 Å². The van der Waals surface area contributed by atoms with E-state index in [2.05, 4.69) is 46.6 Å². The van der Waals surface area contributed by atoms with Crippen molar-refractivity contribution in [1.82, 2.24) is 10.2 Å². The highest BCUT2D eigenvalue weighted by Crippen LogP contribution is 2.41. The summed E-state index contributed by atoms with van der Waals surface area (Å²) in [5.41, 5.74) is 8.89. The van der Waals surface area contributed by atoms with Crippen LogP contribution in [0.25, 0.3) is 11.1 Å². The molecule has 0 saturated carbocycles. The van der Waals surface area contributed by atoms with E-state index in [0.29, 0.717) is 71.3 Å². The first-order valence-electron chi connectivity index (χ1n) is 19.2. The smallest absolute Gasteiger partial charge is 0.237 e. The standard InChI is InChI=1S/C48H40Cl3N3O4/c1-30(20-31-6-11-34(12-7-31)35-13-8-32(25-52)9-14-35)53-48(55)44-22-38-23-45-46(24-39(38)27-54(44)26-37-4-2-3-5-41(37)49)58-47(29-57-45)36-15-17-40(18-16-36)56-28-33-10-19-42(50)43(51)21-33/h2-19,21,23-24,30,44,47H,20,22,26-29H2,1H3,(H,53,55)/t30-,44+,47?/m1/s1. The van der Waals surface area contributed by atoms with Gasteiger partial charge in [-0.15, -0.1) is 0 Å². The molecule has 0 fully saturated rings. The molecular formula is C48H40Cl3N3O4. The Bertz CT molecular complexity index is 2470. The summed E-state index contributed by atoms with van der Waals surface area (Å²) in [4.78, 5) is 16.3. The molecule has 0 aromatic heterocycles. The number of nitrogens with zero attached hydrogens (tertiary/aromatic N) is 2. The Kier molecular flexibility index (Phi) is 11.9. The van der Waals surface area contributed by atoms with Gasteiger partial charge in [-0.05, 0) is 119 Å². The lowest BCUT2D eigenvalue weighted by Gasteiger charge is -2.38. The van der Waals surface area contributed by atoms with Crippen molar-refractivity contribution in [2.75, 3.05) is 6.61 Å². The molecule has 1 unspecified atom stereocenters. The molecule has 8 rings (SSSR count). The van der Waals surface area contributed by atoms with E-state index in [-0.39, 0.29) is 18.1 Å². The fraction of sp³-hybridized carbons (Fsp3) is 0.208. The molecule has 0 aliphatic carbocycles. The van der Waals surface area contributed by atoms with Gasteiger partial charge in [0.15, 0.2) is 17.6 Å². The van der Waals surface area contributed by atoms with Crippen LogP contribution in [0.4, 0.5) is 0 Å².